The fourth-order valence-corrected chi connectivity index (χ4v) is 5.26. The number of alkyl halides is 3. The monoisotopic (exact) mass is 431 g/mol. The SMILES string of the molecule is CCCSCC1(O)CCC2(CCN(c3ccc(OCC(F)(F)F)cc3)C2=O)CC1. The van der Waals surface area contributed by atoms with Crippen LogP contribution in [0.25, 0.3) is 0 Å². The first kappa shape index (κ1) is 22.3. The molecule has 0 atom stereocenters. The third-order valence-corrected chi connectivity index (χ3v) is 7.36. The van der Waals surface area contributed by atoms with Crippen molar-refractivity contribution in [3.63, 3.8) is 0 Å². The van der Waals surface area contributed by atoms with Gasteiger partial charge in [0.05, 0.1) is 11.0 Å². The van der Waals surface area contributed by atoms with Crippen molar-refractivity contribution in [1.29, 1.82) is 0 Å². The van der Waals surface area contributed by atoms with Gasteiger partial charge in [-0.3, -0.25) is 4.79 Å². The number of thioether (sulfide) groups is 1. The minimum Gasteiger partial charge on any atom is -0.484 e. The van der Waals surface area contributed by atoms with E-state index < -0.39 is 23.8 Å². The van der Waals surface area contributed by atoms with Crippen LogP contribution in [0.15, 0.2) is 24.3 Å². The highest BCUT2D eigenvalue weighted by molar-refractivity contribution is 7.99. The summed E-state index contributed by atoms with van der Waals surface area (Å²) in [6.45, 7) is 1.37. The van der Waals surface area contributed by atoms with E-state index in [0.717, 1.165) is 18.6 Å². The average molecular weight is 432 g/mol. The molecule has 2 fully saturated rings. The molecule has 1 aliphatic heterocycles. The van der Waals surface area contributed by atoms with Gasteiger partial charge in [0.25, 0.3) is 0 Å². The highest BCUT2D eigenvalue weighted by atomic mass is 32.2. The Kier molecular flexibility index (Phi) is 6.73. The summed E-state index contributed by atoms with van der Waals surface area (Å²) in [7, 11) is 0. The Labute approximate surface area is 173 Å². The lowest BCUT2D eigenvalue weighted by Gasteiger charge is -2.40. The van der Waals surface area contributed by atoms with Crippen LogP contribution in [0.2, 0.25) is 0 Å². The number of ether oxygens (including phenoxy) is 1. The number of hydrogen-bond acceptors (Lipinski definition) is 4. The molecule has 0 unspecified atom stereocenters. The second kappa shape index (κ2) is 8.76. The molecule has 0 aromatic heterocycles. The van der Waals surface area contributed by atoms with Crippen molar-refractivity contribution in [2.24, 2.45) is 5.41 Å². The van der Waals surface area contributed by atoms with Crippen LogP contribution in [0.4, 0.5) is 18.9 Å². The summed E-state index contributed by atoms with van der Waals surface area (Å²) in [5, 5.41) is 10.8. The predicted molar refractivity (Wildman–Crippen MR) is 108 cm³/mol. The number of benzene rings is 1. The van der Waals surface area contributed by atoms with E-state index in [-0.39, 0.29) is 11.7 Å². The van der Waals surface area contributed by atoms with Gasteiger partial charge < -0.3 is 14.7 Å². The number of amides is 1. The Morgan fingerprint density at radius 3 is 2.38 bits per heavy atom. The average Bonchev–Trinajstić information content (AvgIpc) is 3.00. The van der Waals surface area contributed by atoms with Gasteiger partial charge in [0, 0.05) is 18.0 Å². The molecule has 2 aliphatic rings. The Hall–Kier alpha value is -1.41. The van der Waals surface area contributed by atoms with Crippen LogP contribution in [0.3, 0.4) is 0 Å². The maximum Gasteiger partial charge on any atom is 0.422 e. The summed E-state index contributed by atoms with van der Waals surface area (Å²) in [5.74, 6) is 1.93. The summed E-state index contributed by atoms with van der Waals surface area (Å²) in [4.78, 5) is 14.9. The van der Waals surface area contributed by atoms with Crippen LogP contribution >= 0.6 is 11.8 Å². The van der Waals surface area contributed by atoms with Gasteiger partial charge in [0.1, 0.15) is 5.75 Å². The van der Waals surface area contributed by atoms with Gasteiger partial charge in [0.2, 0.25) is 5.91 Å². The first-order chi connectivity index (χ1) is 13.7. The van der Waals surface area contributed by atoms with E-state index in [1.54, 1.807) is 28.8 Å². The maximum atomic E-state index is 13.2. The van der Waals surface area contributed by atoms with E-state index in [9.17, 15) is 23.1 Å². The number of carbonyl (C=O) groups is 1. The van der Waals surface area contributed by atoms with Crippen molar-refractivity contribution in [2.75, 3.05) is 29.6 Å². The summed E-state index contributed by atoms with van der Waals surface area (Å²) in [5.41, 5.74) is -0.436. The van der Waals surface area contributed by atoms with Gasteiger partial charge in [-0.2, -0.15) is 24.9 Å². The zero-order chi connectivity index (χ0) is 21.1. The standard InChI is InChI=1S/C21H28F3NO3S/c1-2-13-29-15-20(27)9-7-19(8-10-20)11-12-25(18(19)26)16-3-5-17(6-4-16)28-14-21(22,23)24/h3-6,27H,2,7-15H2,1H3. The smallest absolute Gasteiger partial charge is 0.422 e. The van der Waals surface area contributed by atoms with E-state index >= 15 is 0 Å². The molecule has 1 aromatic rings. The van der Waals surface area contributed by atoms with Gasteiger partial charge >= 0.3 is 6.18 Å². The molecule has 4 nitrogen and oxygen atoms in total. The summed E-state index contributed by atoms with van der Waals surface area (Å²) in [6.07, 6.45) is 0.0695. The van der Waals surface area contributed by atoms with Crippen LogP contribution < -0.4 is 9.64 Å². The Balaban J connectivity index is 1.59. The molecular weight excluding hydrogens is 403 g/mol. The van der Waals surface area contributed by atoms with Crippen LogP contribution in [-0.4, -0.2) is 47.4 Å². The van der Waals surface area contributed by atoms with Crippen molar-refractivity contribution in [2.45, 2.75) is 57.2 Å². The molecule has 1 heterocycles. The first-order valence-corrected chi connectivity index (χ1v) is 11.2. The fraction of sp³-hybridized carbons (Fsp3) is 0.667. The van der Waals surface area contributed by atoms with Gasteiger partial charge in [-0.25, -0.2) is 0 Å². The lowest BCUT2D eigenvalue weighted by molar-refractivity contribution is -0.153. The lowest BCUT2D eigenvalue weighted by atomic mass is 9.68. The summed E-state index contributed by atoms with van der Waals surface area (Å²) < 4.78 is 41.5. The molecular formula is C21H28F3NO3S. The summed E-state index contributed by atoms with van der Waals surface area (Å²) in [6, 6.07) is 6.18. The zero-order valence-electron chi connectivity index (χ0n) is 16.6. The third kappa shape index (κ3) is 5.40. The summed E-state index contributed by atoms with van der Waals surface area (Å²) >= 11 is 1.77. The Morgan fingerprint density at radius 1 is 1.14 bits per heavy atom. The second-order valence-corrected chi connectivity index (χ2v) is 9.27. The van der Waals surface area contributed by atoms with E-state index in [1.807, 2.05) is 0 Å². The third-order valence-electron chi connectivity index (χ3n) is 5.92. The Morgan fingerprint density at radius 2 is 1.79 bits per heavy atom. The van der Waals surface area contributed by atoms with Crippen molar-refractivity contribution < 1.29 is 27.8 Å². The van der Waals surface area contributed by atoms with Crippen LogP contribution in [-0.2, 0) is 4.79 Å². The predicted octanol–water partition coefficient (Wildman–Crippen LogP) is 4.80. The number of carbonyl (C=O) groups excluding carboxylic acids is 1. The molecule has 0 radical (unpaired) electrons. The minimum atomic E-state index is -4.38. The molecule has 3 rings (SSSR count). The molecule has 8 heteroatoms. The van der Waals surface area contributed by atoms with Gasteiger partial charge in [-0.15, -0.1) is 0 Å². The molecule has 29 heavy (non-hydrogen) atoms. The van der Waals surface area contributed by atoms with Gasteiger partial charge in [0.15, 0.2) is 6.61 Å². The van der Waals surface area contributed by atoms with Crippen LogP contribution in [0.1, 0.15) is 45.4 Å². The minimum absolute atomic E-state index is 0.0599. The molecule has 1 spiro atoms. The van der Waals surface area contributed by atoms with Crippen LogP contribution in [0, 0.1) is 5.41 Å². The molecule has 1 amide bonds. The quantitative estimate of drug-likeness (QED) is 0.630. The van der Waals surface area contributed by atoms with Gasteiger partial charge in [-0.1, -0.05) is 6.92 Å². The second-order valence-electron chi connectivity index (χ2n) is 8.16. The molecule has 0 bridgehead atoms. The number of hydrogen-bond donors (Lipinski definition) is 1. The maximum absolute atomic E-state index is 13.2. The highest BCUT2D eigenvalue weighted by Gasteiger charge is 2.51. The molecule has 1 aliphatic carbocycles. The highest BCUT2D eigenvalue weighted by Crippen LogP contribution is 2.49. The molecule has 162 valence electrons. The van der Waals surface area contributed by atoms with Crippen LogP contribution in [0.5, 0.6) is 5.75 Å². The molecule has 1 saturated heterocycles. The van der Waals surface area contributed by atoms with E-state index in [0.29, 0.717) is 43.7 Å². The molecule has 1 aromatic carbocycles. The lowest BCUT2D eigenvalue weighted by Crippen LogP contribution is -2.44. The number of aliphatic hydroxyl groups is 1. The zero-order valence-corrected chi connectivity index (χ0v) is 17.5. The number of nitrogens with zero attached hydrogens (tertiary/aromatic N) is 1. The first-order valence-electron chi connectivity index (χ1n) is 10.1. The molecule has 1 N–H and O–H groups in total. The van der Waals surface area contributed by atoms with Crippen molar-refractivity contribution >= 4 is 23.4 Å². The van der Waals surface area contributed by atoms with E-state index in [1.165, 1.54) is 12.1 Å². The largest absolute Gasteiger partial charge is 0.484 e. The normalized spacial score (nSPS) is 27.6. The van der Waals surface area contributed by atoms with Gasteiger partial charge in [-0.05, 0) is 68.5 Å². The van der Waals surface area contributed by atoms with Crippen molar-refractivity contribution in [3.8, 4) is 5.75 Å². The topological polar surface area (TPSA) is 49.8 Å². The van der Waals surface area contributed by atoms with E-state index in [4.69, 9.17) is 4.74 Å². The Bertz CT molecular complexity index is 700. The number of anilines is 1. The van der Waals surface area contributed by atoms with Crippen molar-refractivity contribution in [3.05, 3.63) is 24.3 Å². The van der Waals surface area contributed by atoms with E-state index in [2.05, 4.69) is 6.92 Å². The number of rotatable bonds is 7. The molecule has 1 saturated carbocycles. The number of halogens is 3. The van der Waals surface area contributed by atoms with Crippen molar-refractivity contribution in [1.82, 2.24) is 0 Å². The fourth-order valence-electron chi connectivity index (χ4n) is 4.16.